The fraction of sp³-hybridized carbons (Fsp3) is 0.346. The van der Waals surface area contributed by atoms with Crippen molar-refractivity contribution in [3.8, 4) is 0 Å². The number of aromatic nitrogens is 3. The van der Waals surface area contributed by atoms with Crippen LogP contribution in [-0.2, 0) is 18.4 Å². The summed E-state index contributed by atoms with van der Waals surface area (Å²) in [4.78, 5) is 38.7. The number of fused-ring (bicyclic) bond motifs is 2. The molecule has 0 bridgehead atoms. The van der Waals surface area contributed by atoms with E-state index in [4.69, 9.17) is 0 Å². The average molecular weight is 448 g/mol. The zero-order valence-corrected chi connectivity index (χ0v) is 19.2. The Morgan fingerprint density at radius 2 is 1.79 bits per heavy atom. The van der Waals surface area contributed by atoms with Gasteiger partial charge in [-0.3, -0.25) is 18.7 Å². The number of hydrogen-bond donors (Lipinski definition) is 1. The molecule has 0 aliphatic rings. The molecule has 0 spiro atoms. The van der Waals surface area contributed by atoms with Crippen molar-refractivity contribution in [3.63, 3.8) is 0 Å². The van der Waals surface area contributed by atoms with Crippen molar-refractivity contribution in [2.75, 3.05) is 0 Å². The van der Waals surface area contributed by atoms with E-state index in [1.807, 2.05) is 55.9 Å². The molecule has 7 nitrogen and oxygen atoms in total. The summed E-state index contributed by atoms with van der Waals surface area (Å²) in [6.45, 7) is 4.33. The molecule has 2 heterocycles. The van der Waals surface area contributed by atoms with Gasteiger partial charge in [0.05, 0.1) is 29.9 Å². The zero-order valence-electron chi connectivity index (χ0n) is 19.2. The molecule has 7 heteroatoms. The molecule has 0 radical (unpaired) electrons. The monoisotopic (exact) mass is 447 g/mol. The van der Waals surface area contributed by atoms with E-state index in [2.05, 4.69) is 0 Å². The van der Waals surface area contributed by atoms with Gasteiger partial charge in [-0.15, -0.1) is 0 Å². The van der Waals surface area contributed by atoms with E-state index in [0.29, 0.717) is 17.3 Å². The topological polar surface area (TPSA) is 86.2 Å². The van der Waals surface area contributed by atoms with Gasteiger partial charge in [0.15, 0.2) is 0 Å². The fourth-order valence-corrected chi connectivity index (χ4v) is 4.80. The summed E-state index contributed by atoms with van der Waals surface area (Å²) in [5.41, 5.74) is 2.82. The van der Waals surface area contributed by atoms with Gasteiger partial charge in [0.2, 0.25) is 0 Å². The summed E-state index contributed by atoms with van der Waals surface area (Å²) in [5, 5.41) is 11.0. The third-order valence-electron chi connectivity index (χ3n) is 6.38. The Morgan fingerprint density at radius 1 is 1.06 bits per heavy atom. The fourth-order valence-electron chi connectivity index (χ4n) is 4.80. The van der Waals surface area contributed by atoms with Crippen LogP contribution in [0.25, 0.3) is 21.8 Å². The van der Waals surface area contributed by atoms with Gasteiger partial charge in [-0.05, 0) is 42.7 Å². The first-order valence-corrected chi connectivity index (χ1v) is 11.3. The van der Waals surface area contributed by atoms with Gasteiger partial charge >= 0.3 is 11.7 Å². The maximum absolute atomic E-state index is 13.7. The number of carboxylic acids is 1. The molecule has 0 fully saturated rings. The minimum atomic E-state index is -1.02. The van der Waals surface area contributed by atoms with Gasteiger partial charge in [-0.1, -0.05) is 44.0 Å². The number of aliphatic carboxylic acids is 1. The van der Waals surface area contributed by atoms with Crippen molar-refractivity contribution in [1.82, 2.24) is 13.7 Å². The number of aryl methyl sites for hydroxylation is 2. The van der Waals surface area contributed by atoms with Gasteiger partial charge in [-0.2, -0.15) is 0 Å². The van der Waals surface area contributed by atoms with Crippen LogP contribution in [0.15, 0.2) is 58.3 Å². The molecule has 172 valence electrons. The summed E-state index contributed by atoms with van der Waals surface area (Å²) < 4.78 is 4.82. The van der Waals surface area contributed by atoms with Crippen LogP contribution in [0.1, 0.15) is 49.8 Å². The van der Waals surface area contributed by atoms with Crippen LogP contribution in [0.2, 0.25) is 0 Å². The lowest BCUT2D eigenvalue weighted by atomic mass is 10.1. The Morgan fingerprint density at radius 3 is 2.52 bits per heavy atom. The van der Waals surface area contributed by atoms with Crippen LogP contribution in [0, 0.1) is 6.92 Å². The zero-order chi connectivity index (χ0) is 23.7. The molecule has 0 aliphatic carbocycles. The minimum Gasteiger partial charge on any atom is -0.481 e. The van der Waals surface area contributed by atoms with Gasteiger partial charge in [0, 0.05) is 24.1 Å². The van der Waals surface area contributed by atoms with Crippen LogP contribution < -0.4 is 11.2 Å². The third-order valence-corrected chi connectivity index (χ3v) is 6.38. The van der Waals surface area contributed by atoms with Crippen molar-refractivity contribution in [3.05, 3.63) is 80.6 Å². The lowest BCUT2D eigenvalue weighted by molar-refractivity contribution is -0.138. The van der Waals surface area contributed by atoms with E-state index in [9.17, 15) is 19.5 Å². The largest absolute Gasteiger partial charge is 0.481 e. The van der Waals surface area contributed by atoms with Gasteiger partial charge < -0.3 is 9.67 Å². The second-order valence-electron chi connectivity index (χ2n) is 8.69. The van der Waals surface area contributed by atoms with Crippen molar-refractivity contribution < 1.29 is 9.90 Å². The molecule has 33 heavy (non-hydrogen) atoms. The number of carbonyl (C=O) groups is 1. The summed E-state index contributed by atoms with van der Waals surface area (Å²) >= 11 is 0. The molecule has 2 aromatic carbocycles. The first-order valence-electron chi connectivity index (χ1n) is 11.3. The standard InChI is InChI=1S/C26H29N3O4/c1-4-5-10-19(14-23(30)31)29-25(32)20-11-6-7-12-21(20)28(26(29)33)16-18-15-27(3)22-13-8-9-17(2)24(18)22/h6-9,11-13,15,19H,4-5,10,14,16H2,1-3H3,(H,30,31). The Bertz CT molecular complexity index is 1460. The van der Waals surface area contributed by atoms with Gasteiger partial charge in [0.1, 0.15) is 0 Å². The summed E-state index contributed by atoms with van der Waals surface area (Å²) in [5.74, 6) is -1.02. The molecule has 2 aromatic heterocycles. The number of carboxylic acid groups (broad SMARTS) is 1. The average Bonchev–Trinajstić information content (AvgIpc) is 3.11. The van der Waals surface area contributed by atoms with Crippen LogP contribution in [0.3, 0.4) is 0 Å². The van der Waals surface area contributed by atoms with Crippen LogP contribution in [0.4, 0.5) is 0 Å². The second kappa shape index (κ2) is 9.10. The number of nitrogens with zero attached hydrogens (tertiary/aromatic N) is 3. The Kier molecular flexibility index (Phi) is 6.22. The van der Waals surface area contributed by atoms with Gasteiger partial charge in [-0.25, -0.2) is 4.79 Å². The quantitative estimate of drug-likeness (QED) is 0.438. The Hall–Kier alpha value is -3.61. The maximum Gasteiger partial charge on any atom is 0.332 e. The Labute approximate surface area is 191 Å². The van der Waals surface area contributed by atoms with Crippen molar-refractivity contribution >= 4 is 27.8 Å². The molecule has 0 saturated carbocycles. The van der Waals surface area contributed by atoms with E-state index in [-0.39, 0.29) is 13.0 Å². The van der Waals surface area contributed by atoms with Crippen molar-refractivity contribution in [2.24, 2.45) is 7.05 Å². The molecular weight excluding hydrogens is 418 g/mol. The minimum absolute atomic E-state index is 0.263. The van der Waals surface area contributed by atoms with Crippen LogP contribution in [-0.4, -0.2) is 24.8 Å². The highest BCUT2D eigenvalue weighted by molar-refractivity contribution is 5.87. The van der Waals surface area contributed by atoms with Crippen molar-refractivity contribution in [2.45, 2.75) is 52.1 Å². The van der Waals surface area contributed by atoms with Gasteiger partial charge in [0.25, 0.3) is 5.56 Å². The number of benzene rings is 2. The number of unbranched alkanes of at least 4 members (excludes halogenated alkanes) is 1. The van der Waals surface area contributed by atoms with E-state index in [1.54, 1.807) is 22.8 Å². The molecular formula is C26H29N3O4. The molecule has 0 saturated heterocycles. The van der Waals surface area contributed by atoms with E-state index >= 15 is 0 Å². The van der Waals surface area contributed by atoms with E-state index in [0.717, 1.165) is 34.9 Å². The molecule has 4 rings (SSSR count). The number of para-hydroxylation sites is 1. The smallest absolute Gasteiger partial charge is 0.332 e. The highest BCUT2D eigenvalue weighted by atomic mass is 16.4. The number of rotatable bonds is 8. The second-order valence-corrected chi connectivity index (χ2v) is 8.69. The molecule has 1 N–H and O–H groups in total. The summed E-state index contributed by atoms with van der Waals surface area (Å²) in [6, 6.07) is 12.5. The lowest BCUT2D eigenvalue weighted by Crippen LogP contribution is -2.43. The molecule has 0 aliphatic heterocycles. The summed E-state index contributed by atoms with van der Waals surface area (Å²) in [6.07, 6.45) is 3.80. The predicted molar refractivity (Wildman–Crippen MR) is 130 cm³/mol. The van der Waals surface area contributed by atoms with Crippen LogP contribution in [0.5, 0.6) is 0 Å². The summed E-state index contributed by atoms with van der Waals surface area (Å²) in [7, 11) is 1.97. The Balaban J connectivity index is 1.97. The third kappa shape index (κ3) is 4.11. The highest BCUT2D eigenvalue weighted by Gasteiger charge is 2.23. The normalized spacial score (nSPS) is 12.5. The van der Waals surface area contributed by atoms with E-state index < -0.39 is 23.3 Å². The molecule has 1 unspecified atom stereocenters. The van der Waals surface area contributed by atoms with Crippen molar-refractivity contribution in [1.29, 1.82) is 0 Å². The predicted octanol–water partition coefficient (Wildman–Crippen LogP) is 4.22. The lowest BCUT2D eigenvalue weighted by Gasteiger charge is -2.20. The van der Waals surface area contributed by atoms with E-state index in [1.165, 1.54) is 4.57 Å². The first kappa shape index (κ1) is 22.6. The number of hydrogen-bond acceptors (Lipinski definition) is 3. The molecule has 4 aromatic rings. The molecule has 1 atom stereocenters. The highest BCUT2D eigenvalue weighted by Crippen LogP contribution is 2.26. The first-order chi connectivity index (χ1) is 15.8. The molecule has 0 amide bonds. The maximum atomic E-state index is 13.7. The SMILES string of the molecule is CCCCC(CC(=O)O)n1c(=O)c2ccccc2n(Cc2cn(C)c3cccc(C)c23)c1=O. The van der Waals surface area contributed by atoms with Crippen LogP contribution >= 0.6 is 0 Å².